The molecule has 2 aliphatic heterocycles. The summed E-state index contributed by atoms with van der Waals surface area (Å²) in [7, 11) is -1.29. The summed E-state index contributed by atoms with van der Waals surface area (Å²) in [5.41, 5.74) is 1.26. The van der Waals surface area contributed by atoms with Crippen molar-refractivity contribution in [2.45, 2.75) is 47.5 Å². The zero-order chi connectivity index (χ0) is 21.4. The Balaban J connectivity index is 1.95. The Hall–Kier alpha value is -1.40. The molecule has 1 saturated heterocycles. The molecule has 0 aromatic rings. The number of allylic oxidation sites excluding steroid dienone is 4. The van der Waals surface area contributed by atoms with Crippen LogP contribution in [0.4, 0.5) is 0 Å². The highest BCUT2D eigenvalue weighted by molar-refractivity contribution is 7.87. The zero-order valence-corrected chi connectivity index (χ0v) is 19.9. The average molecular weight is 421 g/mol. The average Bonchev–Trinajstić information content (AvgIpc) is 3.20. The first kappa shape index (κ1) is 23.9. The van der Waals surface area contributed by atoms with Crippen LogP contribution in [0.25, 0.3) is 0 Å². The van der Waals surface area contributed by atoms with E-state index < -0.39 is 11.0 Å². The van der Waals surface area contributed by atoms with Gasteiger partial charge in [-0.15, -0.1) is 0 Å². The van der Waals surface area contributed by atoms with Crippen LogP contribution in [0, 0.1) is 11.8 Å². The van der Waals surface area contributed by atoms with Crippen molar-refractivity contribution in [3.05, 3.63) is 35.3 Å². The van der Waals surface area contributed by atoms with E-state index >= 15 is 0 Å². The van der Waals surface area contributed by atoms with Crippen molar-refractivity contribution >= 4 is 16.9 Å². The van der Waals surface area contributed by atoms with Crippen molar-refractivity contribution in [1.29, 1.82) is 0 Å². The van der Waals surface area contributed by atoms with E-state index in [1.165, 1.54) is 12.0 Å². The maximum absolute atomic E-state index is 13.1. The molecule has 2 heterocycles. The molecule has 0 saturated carbocycles. The molecule has 0 N–H and O–H groups in total. The maximum atomic E-state index is 13.1. The summed E-state index contributed by atoms with van der Waals surface area (Å²) in [6.45, 7) is 21.7. The van der Waals surface area contributed by atoms with E-state index in [9.17, 15) is 4.21 Å². The van der Waals surface area contributed by atoms with E-state index in [1.807, 2.05) is 10.4 Å². The van der Waals surface area contributed by atoms with E-state index in [2.05, 4.69) is 68.1 Å². The molecule has 0 bridgehead atoms. The normalized spacial score (nSPS) is 21.2. The predicted octanol–water partition coefficient (Wildman–Crippen LogP) is 4.05. The molecule has 2 atom stereocenters. The highest BCUT2D eigenvalue weighted by atomic mass is 32.2. The number of aliphatic imine (C=N–C) groups is 1. The molecule has 0 aromatic heterocycles. The van der Waals surface area contributed by atoms with Crippen LogP contribution < -0.4 is 0 Å². The lowest BCUT2D eigenvalue weighted by Crippen LogP contribution is -2.53. The lowest BCUT2D eigenvalue weighted by atomic mass is 10.0. The van der Waals surface area contributed by atoms with Gasteiger partial charge in [0.2, 0.25) is 5.96 Å². The molecule has 1 fully saturated rings. The molecule has 2 aliphatic rings. The number of hydrogen-bond donors (Lipinski definition) is 0. The minimum absolute atomic E-state index is 0.447. The van der Waals surface area contributed by atoms with Crippen LogP contribution in [0.1, 0.15) is 47.5 Å². The third-order valence-corrected chi connectivity index (χ3v) is 7.02. The largest absolute Gasteiger partial charge is 0.339 e. The van der Waals surface area contributed by atoms with Gasteiger partial charge >= 0.3 is 0 Å². The van der Waals surface area contributed by atoms with Crippen molar-refractivity contribution in [3.8, 4) is 0 Å². The molecule has 2 rings (SSSR count). The Morgan fingerprint density at radius 2 is 1.83 bits per heavy atom. The Labute approximate surface area is 180 Å². The highest BCUT2D eigenvalue weighted by Gasteiger charge is 2.30. The summed E-state index contributed by atoms with van der Waals surface area (Å²) in [6.07, 6.45) is 8.42. The Kier molecular flexibility index (Phi) is 9.63. The Morgan fingerprint density at radius 3 is 2.41 bits per heavy atom. The number of nitrogens with zero attached hydrogens (tertiary/aromatic N) is 4. The standard InChI is InChI=1S/C23H40N4OS/c1-7-9-22(19(3)4)11-10-21(6)29(28)27-13-12-24-23(27)26-16-14-25(15-17-26)18-20(5)8-2/h9-11,19-20H,6-8,12-18H2,1-5H3/b11-10-,22-9+. The van der Waals surface area contributed by atoms with Gasteiger partial charge in [-0.1, -0.05) is 59.8 Å². The van der Waals surface area contributed by atoms with Crippen LogP contribution in [0.5, 0.6) is 0 Å². The van der Waals surface area contributed by atoms with Gasteiger partial charge in [0, 0.05) is 32.7 Å². The third-order valence-electron chi connectivity index (χ3n) is 5.69. The topological polar surface area (TPSA) is 39.2 Å². The quantitative estimate of drug-likeness (QED) is 0.528. The summed E-state index contributed by atoms with van der Waals surface area (Å²) < 4.78 is 15.1. The first-order valence-electron chi connectivity index (χ1n) is 11.2. The fourth-order valence-electron chi connectivity index (χ4n) is 3.66. The number of hydrogen-bond acceptors (Lipinski definition) is 4. The minimum Gasteiger partial charge on any atom is -0.339 e. The van der Waals surface area contributed by atoms with Gasteiger partial charge in [-0.05, 0) is 29.9 Å². The second-order valence-electron chi connectivity index (χ2n) is 8.40. The number of guanidine groups is 1. The molecule has 0 amide bonds. The first-order chi connectivity index (χ1) is 13.9. The summed E-state index contributed by atoms with van der Waals surface area (Å²) >= 11 is 0. The van der Waals surface area contributed by atoms with Crippen molar-refractivity contribution in [1.82, 2.24) is 14.1 Å². The zero-order valence-electron chi connectivity index (χ0n) is 19.1. The van der Waals surface area contributed by atoms with Gasteiger partial charge in [0.05, 0.1) is 18.0 Å². The van der Waals surface area contributed by atoms with Crippen molar-refractivity contribution in [3.63, 3.8) is 0 Å². The van der Waals surface area contributed by atoms with Crippen LogP contribution in [0.15, 0.2) is 40.3 Å². The molecule has 0 spiro atoms. The number of rotatable bonds is 9. The monoisotopic (exact) mass is 420 g/mol. The highest BCUT2D eigenvalue weighted by Crippen LogP contribution is 2.19. The van der Waals surface area contributed by atoms with Gasteiger partial charge < -0.3 is 4.90 Å². The van der Waals surface area contributed by atoms with Crippen LogP contribution in [0.2, 0.25) is 0 Å². The predicted molar refractivity (Wildman–Crippen MR) is 126 cm³/mol. The van der Waals surface area contributed by atoms with E-state index in [4.69, 9.17) is 0 Å². The van der Waals surface area contributed by atoms with E-state index in [0.29, 0.717) is 23.9 Å². The van der Waals surface area contributed by atoms with Gasteiger partial charge in [-0.25, -0.2) is 4.21 Å². The molecule has 5 nitrogen and oxygen atoms in total. The molecule has 29 heavy (non-hydrogen) atoms. The fraction of sp³-hybridized carbons (Fsp3) is 0.696. The maximum Gasteiger partial charge on any atom is 0.209 e. The molecule has 6 heteroatoms. The second-order valence-corrected chi connectivity index (χ2v) is 9.86. The van der Waals surface area contributed by atoms with Crippen molar-refractivity contribution in [2.75, 3.05) is 45.8 Å². The van der Waals surface area contributed by atoms with Crippen LogP contribution in [-0.2, 0) is 11.0 Å². The smallest absolute Gasteiger partial charge is 0.209 e. The minimum atomic E-state index is -1.29. The molecular weight excluding hydrogens is 380 g/mol. The van der Waals surface area contributed by atoms with Crippen LogP contribution >= 0.6 is 0 Å². The fourth-order valence-corrected chi connectivity index (χ4v) is 4.69. The van der Waals surface area contributed by atoms with Crippen LogP contribution in [-0.4, -0.2) is 70.1 Å². The van der Waals surface area contributed by atoms with Gasteiger partial charge in [-0.3, -0.25) is 14.2 Å². The second kappa shape index (κ2) is 11.7. The van der Waals surface area contributed by atoms with Gasteiger partial charge in [0.15, 0.2) is 11.0 Å². The summed E-state index contributed by atoms with van der Waals surface area (Å²) in [4.78, 5) is 10.2. The van der Waals surface area contributed by atoms with Gasteiger partial charge in [0.25, 0.3) is 0 Å². The Bertz CT molecular complexity index is 660. The summed E-state index contributed by atoms with van der Waals surface area (Å²) in [6, 6.07) is 0. The molecule has 0 radical (unpaired) electrons. The third kappa shape index (κ3) is 6.82. The molecule has 164 valence electrons. The molecule has 0 aliphatic carbocycles. The summed E-state index contributed by atoms with van der Waals surface area (Å²) in [5.74, 6) is 2.07. The number of piperazine rings is 1. The molecule has 2 unspecified atom stereocenters. The van der Waals surface area contributed by atoms with E-state index in [-0.39, 0.29) is 0 Å². The van der Waals surface area contributed by atoms with Crippen molar-refractivity contribution in [2.24, 2.45) is 16.8 Å². The van der Waals surface area contributed by atoms with Crippen molar-refractivity contribution < 1.29 is 4.21 Å². The van der Waals surface area contributed by atoms with Crippen LogP contribution in [0.3, 0.4) is 0 Å². The van der Waals surface area contributed by atoms with E-state index in [1.54, 1.807) is 0 Å². The SMILES string of the molecule is C=C(/C=C\C(=C/CC)C(C)C)S(=O)N1CCN=C1N1CCN(CC(C)CC)CC1. The first-order valence-corrected chi connectivity index (χ1v) is 12.3. The lowest BCUT2D eigenvalue weighted by molar-refractivity contribution is 0.157. The summed E-state index contributed by atoms with van der Waals surface area (Å²) in [5, 5.41) is 0. The molecular formula is C23H40N4OS. The van der Waals surface area contributed by atoms with Gasteiger partial charge in [-0.2, -0.15) is 0 Å². The Morgan fingerprint density at radius 1 is 1.14 bits per heavy atom. The lowest BCUT2D eigenvalue weighted by Gasteiger charge is -2.38. The molecule has 0 aromatic carbocycles. The van der Waals surface area contributed by atoms with E-state index in [0.717, 1.165) is 51.0 Å². The van der Waals surface area contributed by atoms with Gasteiger partial charge in [0.1, 0.15) is 0 Å².